The molecule has 0 bridgehead atoms. The summed E-state index contributed by atoms with van der Waals surface area (Å²) in [6, 6.07) is 3.23. The lowest BCUT2D eigenvalue weighted by Crippen LogP contribution is -2.27. The zero-order valence-electron chi connectivity index (χ0n) is 14.0. The Labute approximate surface area is 142 Å². The molecule has 2 aromatic heterocycles. The van der Waals surface area contributed by atoms with Crippen LogP contribution in [0.4, 0.5) is 5.69 Å². The Morgan fingerprint density at radius 2 is 2.04 bits per heavy atom. The molecule has 1 N–H and O–H groups in total. The first-order chi connectivity index (χ1) is 11.0. The summed E-state index contributed by atoms with van der Waals surface area (Å²) in [5.41, 5.74) is 1.26. The average molecular weight is 328 g/mol. The van der Waals surface area contributed by atoms with Gasteiger partial charge in [0.1, 0.15) is 0 Å². The maximum absolute atomic E-state index is 4.13. The fourth-order valence-corrected chi connectivity index (χ4v) is 3.55. The number of nitrogens with zero attached hydrogens (tertiary/aromatic N) is 3. The molecule has 122 valence electrons. The lowest BCUT2D eigenvalue weighted by molar-refractivity contribution is 0.309. The Kier molecular flexibility index (Phi) is 4.72. The molecule has 0 unspecified atom stereocenters. The quantitative estimate of drug-likeness (QED) is 0.853. The highest BCUT2D eigenvalue weighted by Crippen LogP contribution is 2.30. The van der Waals surface area contributed by atoms with Gasteiger partial charge >= 0.3 is 0 Å². The van der Waals surface area contributed by atoms with Crippen molar-refractivity contribution in [3.8, 4) is 11.8 Å². The van der Waals surface area contributed by atoms with Gasteiger partial charge in [0.15, 0.2) is 0 Å². The highest BCUT2D eigenvalue weighted by Gasteiger charge is 2.22. The van der Waals surface area contributed by atoms with E-state index in [2.05, 4.69) is 59.7 Å². The third-order valence-corrected chi connectivity index (χ3v) is 4.89. The molecular formula is C18H24N4S. The smallest absolute Gasteiger partial charge is 0.0789 e. The van der Waals surface area contributed by atoms with Crippen molar-refractivity contribution in [2.24, 2.45) is 5.41 Å². The Hall–Kier alpha value is -1.80. The molecule has 0 atom stereocenters. The number of rotatable bonds is 3. The SMILES string of the molecule is CC(C)(C)C#Cc1cc(NC2CCC(n3ccnn3)CC2)cs1. The standard InChI is InChI=1S/C18H24N4S/c1-18(2,3)9-8-17-12-15(13-23-17)20-14-4-6-16(7-5-14)22-11-10-19-21-22/h10-14,16,20H,4-7H2,1-3H3. The van der Waals surface area contributed by atoms with Crippen molar-refractivity contribution < 1.29 is 0 Å². The first kappa shape index (κ1) is 16.1. The van der Waals surface area contributed by atoms with E-state index in [-0.39, 0.29) is 5.41 Å². The molecule has 5 heteroatoms. The predicted octanol–water partition coefficient (Wildman–Crippen LogP) is 4.33. The van der Waals surface area contributed by atoms with Crippen LogP contribution in [0.15, 0.2) is 23.8 Å². The van der Waals surface area contributed by atoms with Crippen LogP contribution < -0.4 is 5.32 Å². The molecule has 0 aliphatic heterocycles. The predicted molar refractivity (Wildman–Crippen MR) is 95.6 cm³/mol. The van der Waals surface area contributed by atoms with Crippen LogP contribution >= 0.6 is 11.3 Å². The van der Waals surface area contributed by atoms with Gasteiger partial charge in [0, 0.05) is 28.7 Å². The molecule has 0 saturated heterocycles. The van der Waals surface area contributed by atoms with Crippen LogP contribution in [0.1, 0.15) is 57.4 Å². The van der Waals surface area contributed by atoms with Gasteiger partial charge in [-0.05, 0) is 52.5 Å². The fraction of sp³-hybridized carbons (Fsp3) is 0.556. The summed E-state index contributed by atoms with van der Waals surface area (Å²) in [4.78, 5) is 1.14. The van der Waals surface area contributed by atoms with Crippen molar-refractivity contribution in [1.82, 2.24) is 15.0 Å². The van der Waals surface area contributed by atoms with Crippen molar-refractivity contribution in [2.75, 3.05) is 5.32 Å². The summed E-state index contributed by atoms with van der Waals surface area (Å²) in [5, 5.41) is 13.9. The normalized spacial score (nSPS) is 21.5. The van der Waals surface area contributed by atoms with E-state index in [4.69, 9.17) is 0 Å². The second-order valence-electron chi connectivity index (χ2n) is 7.23. The lowest BCUT2D eigenvalue weighted by atomic mass is 9.91. The van der Waals surface area contributed by atoms with Gasteiger partial charge in [0.05, 0.1) is 17.1 Å². The first-order valence-corrected chi connectivity index (χ1v) is 9.12. The highest BCUT2D eigenvalue weighted by atomic mass is 32.1. The summed E-state index contributed by atoms with van der Waals surface area (Å²) in [5.74, 6) is 6.57. The summed E-state index contributed by atoms with van der Waals surface area (Å²) >= 11 is 1.72. The summed E-state index contributed by atoms with van der Waals surface area (Å²) in [6.45, 7) is 6.42. The topological polar surface area (TPSA) is 42.7 Å². The van der Waals surface area contributed by atoms with Gasteiger partial charge < -0.3 is 5.32 Å². The van der Waals surface area contributed by atoms with Crippen LogP contribution in [0, 0.1) is 17.3 Å². The molecule has 0 radical (unpaired) electrons. The Morgan fingerprint density at radius 1 is 1.26 bits per heavy atom. The third kappa shape index (κ3) is 4.59. The van der Waals surface area contributed by atoms with E-state index in [0.29, 0.717) is 12.1 Å². The van der Waals surface area contributed by atoms with Crippen LogP contribution in [-0.2, 0) is 0 Å². The minimum Gasteiger partial charge on any atom is -0.382 e. The molecule has 3 rings (SSSR count). The van der Waals surface area contributed by atoms with Crippen molar-refractivity contribution in [3.63, 3.8) is 0 Å². The zero-order valence-corrected chi connectivity index (χ0v) is 14.9. The molecule has 1 saturated carbocycles. The van der Waals surface area contributed by atoms with Gasteiger partial charge in [-0.15, -0.1) is 16.4 Å². The molecule has 2 aromatic rings. The van der Waals surface area contributed by atoms with E-state index >= 15 is 0 Å². The maximum Gasteiger partial charge on any atom is 0.0789 e. The van der Waals surface area contributed by atoms with E-state index in [9.17, 15) is 0 Å². The van der Waals surface area contributed by atoms with E-state index in [0.717, 1.165) is 17.7 Å². The second kappa shape index (κ2) is 6.76. The van der Waals surface area contributed by atoms with Gasteiger partial charge in [-0.2, -0.15) is 0 Å². The molecular weight excluding hydrogens is 304 g/mol. The molecule has 4 nitrogen and oxygen atoms in total. The minimum atomic E-state index is 0.0529. The van der Waals surface area contributed by atoms with Crippen LogP contribution in [0.5, 0.6) is 0 Å². The first-order valence-electron chi connectivity index (χ1n) is 8.24. The van der Waals surface area contributed by atoms with Gasteiger partial charge in [-0.25, -0.2) is 4.68 Å². The highest BCUT2D eigenvalue weighted by molar-refractivity contribution is 7.11. The van der Waals surface area contributed by atoms with Gasteiger partial charge in [0.25, 0.3) is 0 Å². The van der Waals surface area contributed by atoms with E-state index in [1.807, 2.05) is 10.9 Å². The van der Waals surface area contributed by atoms with Crippen molar-refractivity contribution in [1.29, 1.82) is 0 Å². The molecule has 23 heavy (non-hydrogen) atoms. The molecule has 0 amide bonds. The molecule has 1 aliphatic carbocycles. The molecule has 1 aliphatic rings. The minimum absolute atomic E-state index is 0.0529. The van der Waals surface area contributed by atoms with Crippen LogP contribution in [-0.4, -0.2) is 21.0 Å². The fourth-order valence-electron chi connectivity index (χ4n) is 2.86. The number of aromatic nitrogens is 3. The average Bonchev–Trinajstić information content (AvgIpc) is 3.17. The second-order valence-corrected chi connectivity index (χ2v) is 8.14. The van der Waals surface area contributed by atoms with Crippen molar-refractivity contribution >= 4 is 17.0 Å². The molecule has 1 fully saturated rings. The monoisotopic (exact) mass is 328 g/mol. The number of anilines is 1. The molecule has 0 aromatic carbocycles. The zero-order chi connectivity index (χ0) is 16.3. The van der Waals surface area contributed by atoms with Crippen molar-refractivity contribution in [2.45, 2.75) is 58.5 Å². The summed E-state index contributed by atoms with van der Waals surface area (Å²) < 4.78 is 2.00. The van der Waals surface area contributed by atoms with Crippen LogP contribution in [0.3, 0.4) is 0 Å². The Morgan fingerprint density at radius 3 is 2.70 bits per heavy atom. The third-order valence-electron chi connectivity index (χ3n) is 4.04. The number of hydrogen-bond acceptors (Lipinski definition) is 4. The van der Waals surface area contributed by atoms with Gasteiger partial charge in [-0.3, -0.25) is 0 Å². The lowest BCUT2D eigenvalue weighted by Gasteiger charge is -2.29. The largest absolute Gasteiger partial charge is 0.382 e. The van der Waals surface area contributed by atoms with Crippen LogP contribution in [0.25, 0.3) is 0 Å². The summed E-state index contributed by atoms with van der Waals surface area (Å²) in [7, 11) is 0. The summed E-state index contributed by atoms with van der Waals surface area (Å²) in [6.07, 6.45) is 8.38. The maximum atomic E-state index is 4.13. The van der Waals surface area contributed by atoms with E-state index in [1.165, 1.54) is 18.5 Å². The number of hydrogen-bond donors (Lipinski definition) is 1. The van der Waals surface area contributed by atoms with Gasteiger partial charge in [-0.1, -0.05) is 17.1 Å². The Balaban J connectivity index is 1.53. The van der Waals surface area contributed by atoms with Crippen LogP contribution in [0.2, 0.25) is 0 Å². The Bertz CT molecular complexity index is 677. The van der Waals surface area contributed by atoms with Crippen molar-refractivity contribution in [3.05, 3.63) is 28.7 Å². The number of nitrogens with one attached hydrogen (secondary N) is 1. The van der Waals surface area contributed by atoms with E-state index < -0.39 is 0 Å². The van der Waals surface area contributed by atoms with Gasteiger partial charge in [0.2, 0.25) is 0 Å². The molecule has 0 spiro atoms. The molecule has 2 heterocycles. The number of thiophene rings is 1. The van der Waals surface area contributed by atoms with E-state index in [1.54, 1.807) is 17.5 Å².